The number of methoxy groups -OCH3 is 1. The van der Waals surface area contributed by atoms with Crippen molar-refractivity contribution in [3.8, 4) is 5.75 Å². The van der Waals surface area contributed by atoms with Gasteiger partial charge in [-0.1, -0.05) is 26.0 Å². The minimum atomic E-state index is 0.396. The number of anilines is 1. The van der Waals surface area contributed by atoms with Crippen LogP contribution < -0.4 is 20.6 Å². The third-order valence-electron chi connectivity index (χ3n) is 6.80. The number of nitrogens with zero attached hydrogens (tertiary/aromatic N) is 4. The fourth-order valence-electron chi connectivity index (χ4n) is 4.72. The van der Waals surface area contributed by atoms with Gasteiger partial charge >= 0.3 is 0 Å². The highest BCUT2D eigenvalue weighted by molar-refractivity contribution is 7.16. The predicted octanol–water partition coefficient (Wildman–Crippen LogP) is 3.24. The van der Waals surface area contributed by atoms with Gasteiger partial charge in [-0.25, -0.2) is 4.98 Å². The Balaban J connectivity index is 1.46. The summed E-state index contributed by atoms with van der Waals surface area (Å²) < 4.78 is 5.31. The SMILES string of the molecule is COc1ccc(CCC2CN(C3=c4ncccc4=CNc4sc(C(C)C)nc43)CCN2C)cc1. The van der Waals surface area contributed by atoms with Crippen molar-refractivity contribution in [1.29, 1.82) is 0 Å². The summed E-state index contributed by atoms with van der Waals surface area (Å²) in [6, 6.07) is 13.1. The zero-order valence-electron chi connectivity index (χ0n) is 20.4. The van der Waals surface area contributed by atoms with Crippen LogP contribution >= 0.6 is 11.3 Å². The van der Waals surface area contributed by atoms with Gasteiger partial charge in [-0.15, -0.1) is 11.3 Å². The molecule has 6 nitrogen and oxygen atoms in total. The van der Waals surface area contributed by atoms with Crippen molar-refractivity contribution in [1.82, 2.24) is 19.8 Å². The molecule has 1 aromatic carbocycles. The molecule has 0 bridgehead atoms. The van der Waals surface area contributed by atoms with Crippen LogP contribution in [0.4, 0.5) is 5.00 Å². The second-order valence-electron chi connectivity index (χ2n) is 9.43. The molecular weight excluding hydrogens is 442 g/mol. The first-order valence-electron chi connectivity index (χ1n) is 12.0. The molecule has 7 heteroatoms. The van der Waals surface area contributed by atoms with Gasteiger partial charge in [0.05, 0.1) is 23.2 Å². The van der Waals surface area contributed by atoms with Gasteiger partial charge in [0, 0.05) is 49.2 Å². The van der Waals surface area contributed by atoms with Crippen molar-refractivity contribution in [2.24, 2.45) is 0 Å². The Morgan fingerprint density at radius 3 is 2.76 bits per heavy atom. The van der Waals surface area contributed by atoms with Crippen LogP contribution in [0.1, 0.15) is 42.5 Å². The van der Waals surface area contributed by atoms with Crippen molar-refractivity contribution in [2.75, 3.05) is 39.1 Å². The van der Waals surface area contributed by atoms with E-state index in [1.54, 1.807) is 18.4 Å². The minimum Gasteiger partial charge on any atom is -0.497 e. The number of pyridine rings is 1. The van der Waals surface area contributed by atoms with Crippen molar-refractivity contribution >= 4 is 28.2 Å². The third kappa shape index (κ3) is 4.55. The molecule has 1 saturated heterocycles. The number of aryl methyl sites for hydroxylation is 1. The van der Waals surface area contributed by atoms with E-state index in [0.29, 0.717) is 12.0 Å². The second-order valence-corrected chi connectivity index (χ2v) is 10.5. The molecule has 0 spiro atoms. The number of likely N-dealkylation sites (N-methyl/N-ethyl adjacent to an activating group) is 1. The topological polar surface area (TPSA) is 53.5 Å². The molecule has 5 rings (SSSR count). The number of thiazole rings is 1. The zero-order valence-corrected chi connectivity index (χ0v) is 21.2. The van der Waals surface area contributed by atoms with E-state index in [0.717, 1.165) is 70.2 Å². The highest BCUT2D eigenvalue weighted by Crippen LogP contribution is 2.35. The Morgan fingerprint density at radius 1 is 1.18 bits per heavy atom. The van der Waals surface area contributed by atoms with Gasteiger partial charge in [0.2, 0.25) is 0 Å². The van der Waals surface area contributed by atoms with Crippen LogP contribution in [0.2, 0.25) is 0 Å². The molecule has 2 aromatic heterocycles. The summed E-state index contributed by atoms with van der Waals surface area (Å²) >= 11 is 1.76. The molecule has 0 aliphatic carbocycles. The molecule has 34 heavy (non-hydrogen) atoms. The Hall–Kier alpha value is -2.90. The van der Waals surface area contributed by atoms with Crippen LogP contribution in [0, 0.1) is 0 Å². The maximum atomic E-state index is 5.31. The van der Waals surface area contributed by atoms with Gasteiger partial charge in [-0.3, -0.25) is 9.88 Å². The summed E-state index contributed by atoms with van der Waals surface area (Å²) in [6.45, 7) is 7.37. The van der Waals surface area contributed by atoms with Gasteiger partial charge in [0.25, 0.3) is 0 Å². The highest BCUT2D eigenvalue weighted by Gasteiger charge is 2.30. The second kappa shape index (κ2) is 9.76. The van der Waals surface area contributed by atoms with E-state index in [1.807, 2.05) is 12.3 Å². The summed E-state index contributed by atoms with van der Waals surface area (Å²) in [5.41, 5.74) is 3.56. The predicted molar refractivity (Wildman–Crippen MR) is 140 cm³/mol. The van der Waals surface area contributed by atoms with Gasteiger partial charge in [-0.05, 0) is 49.7 Å². The van der Waals surface area contributed by atoms with Crippen LogP contribution in [0.5, 0.6) is 5.75 Å². The fraction of sp³-hybridized carbons (Fsp3) is 0.407. The Labute approximate surface area is 205 Å². The monoisotopic (exact) mass is 475 g/mol. The van der Waals surface area contributed by atoms with E-state index in [-0.39, 0.29) is 0 Å². The third-order valence-corrected chi connectivity index (χ3v) is 8.09. The van der Waals surface area contributed by atoms with Crippen molar-refractivity contribution < 1.29 is 4.74 Å². The van der Waals surface area contributed by atoms with E-state index in [2.05, 4.69) is 72.5 Å². The molecule has 0 saturated carbocycles. The first-order valence-corrected chi connectivity index (χ1v) is 12.9. The Morgan fingerprint density at radius 2 is 2.00 bits per heavy atom. The summed E-state index contributed by atoms with van der Waals surface area (Å²) in [6.07, 6.45) is 6.12. The molecule has 1 N–H and O–H groups in total. The van der Waals surface area contributed by atoms with E-state index >= 15 is 0 Å². The molecule has 2 aliphatic heterocycles. The maximum Gasteiger partial charge on any atom is 0.124 e. The van der Waals surface area contributed by atoms with Gasteiger partial charge in [0.1, 0.15) is 16.4 Å². The number of benzene rings is 1. The summed E-state index contributed by atoms with van der Waals surface area (Å²) in [5.74, 6) is 1.30. The number of nitrogens with one attached hydrogen (secondary N) is 1. The molecule has 4 heterocycles. The molecular formula is C27H33N5OS. The minimum absolute atomic E-state index is 0.396. The highest BCUT2D eigenvalue weighted by atomic mass is 32.1. The zero-order chi connectivity index (χ0) is 23.7. The molecule has 1 unspecified atom stereocenters. The van der Waals surface area contributed by atoms with Gasteiger partial charge < -0.3 is 15.0 Å². The van der Waals surface area contributed by atoms with Crippen LogP contribution in [0.25, 0.3) is 11.9 Å². The first kappa shape index (κ1) is 22.9. The van der Waals surface area contributed by atoms with Crippen LogP contribution in [0.15, 0.2) is 42.6 Å². The quantitative estimate of drug-likeness (QED) is 0.591. The van der Waals surface area contributed by atoms with Crippen LogP contribution in [-0.2, 0) is 6.42 Å². The molecule has 0 amide bonds. The molecule has 3 aromatic rings. The average molecular weight is 476 g/mol. The van der Waals surface area contributed by atoms with Gasteiger partial charge in [-0.2, -0.15) is 0 Å². The Kier molecular flexibility index (Phi) is 6.57. The molecule has 1 fully saturated rings. The summed E-state index contributed by atoms with van der Waals surface area (Å²) in [7, 11) is 3.96. The smallest absolute Gasteiger partial charge is 0.124 e. The summed E-state index contributed by atoms with van der Waals surface area (Å²) in [4.78, 5) is 15.0. The van der Waals surface area contributed by atoms with Crippen LogP contribution in [-0.4, -0.2) is 59.6 Å². The standard InChI is InChI=1S/C27H33N5OS/c1-18(2)26-30-24-25(23-20(6-5-13-28-23)16-29-27(24)34-26)32-15-14-31(3)21(17-32)10-7-19-8-11-22(33-4)12-9-19/h5-6,8-9,11-13,16,18,21,29H,7,10,14-15,17H2,1-4H3. The molecule has 0 radical (unpaired) electrons. The number of hydrogen-bond acceptors (Lipinski definition) is 7. The number of fused-ring (bicyclic) bond motifs is 2. The largest absolute Gasteiger partial charge is 0.497 e. The normalized spacial score (nSPS) is 18.1. The molecule has 2 aliphatic rings. The lowest BCUT2D eigenvalue weighted by molar-refractivity contribution is 0.127. The van der Waals surface area contributed by atoms with E-state index < -0.39 is 0 Å². The van der Waals surface area contributed by atoms with E-state index in [1.165, 1.54) is 5.56 Å². The fourth-order valence-corrected chi connectivity index (χ4v) is 5.65. The summed E-state index contributed by atoms with van der Waals surface area (Å²) in [5, 5.41) is 7.94. The van der Waals surface area contributed by atoms with E-state index in [9.17, 15) is 0 Å². The Bertz CT molecular complexity index is 1270. The van der Waals surface area contributed by atoms with Crippen LogP contribution in [0.3, 0.4) is 0 Å². The number of piperazine rings is 1. The van der Waals surface area contributed by atoms with Crippen molar-refractivity contribution in [3.63, 3.8) is 0 Å². The lowest BCUT2D eigenvalue weighted by Crippen LogP contribution is -2.52. The van der Waals surface area contributed by atoms with E-state index in [4.69, 9.17) is 14.7 Å². The van der Waals surface area contributed by atoms with Crippen molar-refractivity contribution in [3.05, 3.63) is 69.4 Å². The van der Waals surface area contributed by atoms with Crippen molar-refractivity contribution in [2.45, 2.75) is 38.6 Å². The number of ether oxygens (including phenoxy) is 1. The number of aromatic nitrogens is 2. The lowest BCUT2D eigenvalue weighted by Gasteiger charge is -2.41. The molecule has 178 valence electrons. The molecule has 1 atom stereocenters. The average Bonchev–Trinajstić information content (AvgIpc) is 3.21. The number of hydrogen-bond donors (Lipinski definition) is 1. The lowest BCUT2D eigenvalue weighted by atomic mass is 10.0. The first-order chi connectivity index (χ1) is 16.5. The maximum absolute atomic E-state index is 5.31. The number of rotatable bonds is 6. The van der Waals surface area contributed by atoms with Gasteiger partial charge in [0.15, 0.2) is 0 Å².